The van der Waals surface area contributed by atoms with E-state index in [0.717, 1.165) is 18.6 Å². The second-order valence-electron chi connectivity index (χ2n) is 5.31. The molecule has 2 aromatic carbocycles. The average molecular weight is 310 g/mol. The van der Waals surface area contributed by atoms with Gasteiger partial charge in [-0.05, 0) is 30.7 Å². The number of benzene rings is 2. The molecule has 3 nitrogen and oxygen atoms in total. The number of hydrogen-bond acceptors (Lipinski definition) is 3. The Balaban J connectivity index is 2.23. The monoisotopic (exact) mass is 310 g/mol. The van der Waals surface area contributed by atoms with Gasteiger partial charge < -0.3 is 14.6 Å². The molecule has 0 saturated carbocycles. The zero-order valence-electron chi connectivity index (χ0n) is 13.6. The molecule has 2 rings (SSSR count). The zero-order valence-corrected chi connectivity index (χ0v) is 13.6. The van der Waals surface area contributed by atoms with Crippen molar-refractivity contribution >= 4 is 0 Å². The van der Waals surface area contributed by atoms with Gasteiger partial charge in [0.25, 0.3) is 0 Å². The molecule has 0 unspecified atom stereocenters. The summed E-state index contributed by atoms with van der Waals surface area (Å²) in [7, 11) is 1.60. The lowest BCUT2D eigenvalue weighted by atomic mass is 9.87. The van der Waals surface area contributed by atoms with Gasteiger partial charge in [-0.2, -0.15) is 0 Å². The highest BCUT2D eigenvalue weighted by atomic mass is 16.5. The lowest BCUT2D eigenvalue weighted by molar-refractivity contribution is 0.145. The van der Waals surface area contributed by atoms with Gasteiger partial charge in [0.15, 0.2) is 5.60 Å². The van der Waals surface area contributed by atoms with Crippen LogP contribution in [0.3, 0.4) is 0 Å². The summed E-state index contributed by atoms with van der Waals surface area (Å²) in [5.74, 6) is 3.98. The standard InChI is InChI=1S/C20H22O3/c1-4-6-15-23-19-13-9-17(10-14-19)20(21,5-2)16-7-11-18(22-3)12-8-16/h2,7-14,21H,4,6,15H2,1,3H3/t20-/m0/s1. The normalized spacial score (nSPS) is 13.0. The molecule has 0 spiro atoms. The van der Waals surface area contributed by atoms with Crippen LogP contribution >= 0.6 is 0 Å². The van der Waals surface area contributed by atoms with Gasteiger partial charge in [0.1, 0.15) is 11.5 Å². The number of unbranched alkanes of at least 4 members (excludes halogenated alkanes) is 1. The third-order valence-corrected chi connectivity index (χ3v) is 3.76. The number of aliphatic hydroxyl groups is 1. The average Bonchev–Trinajstić information content (AvgIpc) is 2.62. The molecule has 0 amide bonds. The van der Waals surface area contributed by atoms with E-state index in [1.165, 1.54) is 0 Å². The Morgan fingerprint density at radius 1 is 1.00 bits per heavy atom. The third-order valence-electron chi connectivity index (χ3n) is 3.76. The number of rotatable bonds is 7. The van der Waals surface area contributed by atoms with Crippen LogP contribution in [0.15, 0.2) is 48.5 Å². The largest absolute Gasteiger partial charge is 0.497 e. The molecule has 0 radical (unpaired) electrons. The van der Waals surface area contributed by atoms with Crippen LogP contribution in [0.25, 0.3) is 0 Å². The molecule has 0 aliphatic rings. The number of terminal acetylenes is 1. The first kappa shape index (κ1) is 16.9. The number of ether oxygens (including phenoxy) is 2. The fraction of sp³-hybridized carbons (Fsp3) is 0.300. The summed E-state index contributed by atoms with van der Waals surface area (Å²) in [6.07, 6.45) is 7.72. The SMILES string of the molecule is C#C[C@](O)(c1ccc(OC)cc1)c1ccc(OCCCC)cc1. The first-order chi connectivity index (χ1) is 11.1. The van der Waals surface area contributed by atoms with Crippen molar-refractivity contribution in [2.75, 3.05) is 13.7 Å². The first-order valence-electron chi connectivity index (χ1n) is 7.72. The third kappa shape index (κ3) is 3.85. The highest BCUT2D eigenvalue weighted by Crippen LogP contribution is 2.31. The smallest absolute Gasteiger partial charge is 0.176 e. The van der Waals surface area contributed by atoms with E-state index in [1.54, 1.807) is 43.5 Å². The summed E-state index contributed by atoms with van der Waals surface area (Å²) < 4.78 is 10.8. The zero-order chi connectivity index (χ0) is 16.7. The van der Waals surface area contributed by atoms with Gasteiger partial charge >= 0.3 is 0 Å². The predicted octanol–water partition coefficient (Wildman–Crippen LogP) is 3.74. The Kier molecular flexibility index (Phi) is 5.67. The summed E-state index contributed by atoms with van der Waals surface area (Å²) in [4.78, 5) is 0. The van der Waals surface area contributed by atoms with Gasteiger partial charge in [0, 0.05) is 11.1 Å². The van der Waals surface area contributed by atoms with Crippen LogP contribution in [0.5, 0.6) is 11.5 Å². The van der Waals surface area contributed by atoms with Crippen LogP contribution in [0, 0.1) is 12.3 Å². The van der Waals surface area contributed by atoms with E-state index in [4.69, 9.17) is 15.9 Å². The fourth-order valence-electron chi connectivity index (χ4n) is 2.29. The van der Waals surface area contributed by atoms with Crippen LogP contribution < -0.4 is 9.47 Å². The molecule has 0 bridgehead atoms. The number of methoxy groups -OCH3 is 1. The Labute approximate surface area is 137 Å². The van der Waals surface area contributed by atoms with Crippen LogP contribution in [-0.4, -0.2) is 18.8 Å². The van der Waals surface area contributed by atoms with Crippen molar-refractivity contribution in [3.05, 3.63) is 59.7 Å². The van der Waals surface area contributed by atoms with Crippen molar-refractivity contribution in [2.45, 2.75) is 25.4 Å². The summed E-state index contributed by atoms with van der Waals surface area (Å²) in [5.41, 5.74) is -0.220. The molecular weight excluding hydrogens is 288 g/mol. The molecule has 0 aromatic heterocycles. The van der Waals surface area contributed by atoms with Crippen molar-refractivity contribution in [1.82, 2.24) is 0 Å². The van der Waals surface area contributed by atoms with E-state index in [9.17, 15) is 5.11 Å². The summed E-state index contributed by atoms with van der Waals surface area (Å²) in [6.45, 7) is 2.81. The predicted molar refractivity (Wildman–Crippen MR) is 91.7 cm³/mol. The Hall–Kier alpha value is -2.44. The van der Waals surface area contributed by atoms with Gasteiger partial charge in [0.05, 0.1) is 13.7 Å². The Morgan fingerprint density at radius 3 is 1.96 bits per heavy atom. The van der Waals surface area contributed by atoms with Crippen LogP contribution in [0.2, 0.25) is 0 Å². The van der Waals surface area contributed by atoms with Crippen molar-refractivity contribution in [3.8, 4) is 23.8 Å². The van der Waals surface area contributed by atoms with Crippen LogP contribution in [-0.2, 0) is 5.60 Å². The van der Waals surface area contributed by atoms with E-state index in [2.05, 4.69) is 12.8 Å². The fourth-order valence-corrected chi connectivity index (χ4v) is 2.29. The van der Waals surface area contributed by atoms with E-state index < -0.39 is 5.60 Å². The van der Waals surface area contributed by atoms with E-state index >= 15 is 0 Å². The molecular formula is C20H22O3. The summed E-state index contributed by atoms with van der Waals surface area (Å²) in [6, 6.07) is 14.3. The lowest BCUT2D eigenvalue weighted by Gasteiger charge is -2.23. The maximum atomic E-state index is 10.9. The molecule has 3 heteroatoms. The minimum atomic E-state index is -1.48. The van der Waals surface area contributed by atoms with Crippen molar-refractivity contribution in [1.29, 1.82) is 0 Å². The van der Waals surface area contributed by atoms with Crippen molar-refractivity contribution < 1.29 is 14.6 Å². The van der Waals surface area contributed by atoms with E-state index in [-0.39, 0.29) is 0 Å². The van der Waals surface area contributed by atoms with Gasteiger partial charge in [-0.15, -0.1) is 6.42 Å². The Morgan fingerprint density at radius 2 is 1.52 bits per heavy atom. The van der Waals surface area contributed by atoms with Crippen LogP contribution in [0.4, 0.5) is 0 Å². The Bertz CT molecular complexity index is 653. The van der Waals surface area contributed by atoms with Gasteiger partial charge in [0.2, 0.25) is 0 Å². The van der Waals surface area contributed by atoms with Crippen molar-refractivity contribution in [3.63, 3.8) is 0 Å². The molecule has 0 aliphatic heterocycles. The quantitative estimate of drug-likeness (QED) is 0.625. The van der Waals surface area contributed by atoms with Gasteiger partial charge in [-0.25, -0.2) is 0 Å². The maximum absolute atomic E-state index is 10.9. The molecule has 0 heterocycles. The topological polar surface area (TPSA) is 38.7 Å². The minimum Gasteiger partial charge on any atom is -0.497 e. The molecule has 1 atom stereocenters. The molecule has 23 heavy (non-hydrogen) atoms. The van der Waals surface area contributed by atoms with Gasteiger partial charge in [-0.3, -0.25) is 0 Å². The van der Waals surface area contributed by atoms with E-state index in [0.29, 0.717) is 23.5 Å². The molecule has 120 valence electrons. The highest BCUT2D eigenvalue weighted by Gasteiger charge is 2.29. The minimum absolute atomic E-state index is 0.625. The van der Waals surface area contributed by atoms with Crippen molar-refractivity contribution in [2.24, 2.45) is 0 Å². The number of hydrogen-bond donors (Lipinski definition) is 1. The second-order valence-corrected chi connectivity index (χ2v) is 5.31. The van der Waals surface area contributed by atoms with Crippen LogP contribution in [0.1, 0.15) is 30.9 Å². The van der Waals surface area contributed by atoms with E-state index in [1.807, 2.05) is 12.1 Å². The molecule has 2 aromatic rings. The maximum Gasteiger partial charge on any atom is 0.176 e. The molecule has 1 N–H and O–H groups in total. The summed E-state index contributed by atoms with van der Waals surface area (Å²) in [5, 5.41) is 10.9. The first-order valence-corrected chi connectivity index (χ1v) is 7.72. The van der Waals surface area contributed by atoms with Gasteiger partial charge in [-0.1, -0.05) is 43.5 Å². The lowest BCUT2D eigenvalue weighted by Crippen LogP contribution is -2.24. The molecule has 0 aliphatic carbocycles. The highest BCUT2D eigenvalue weighted by molar-refractivity contribution is 5.46. The second kappa shape index (κ2) is 7.71. The molecule has 0 fully saturated rings. The summed E-state index contributed by atoms with van der Waals surface area (Å²) >= 11 is 0. The molecule has 0 saturated heterocycles.